The summed E-state index contributed by atoms with van der Waals surface area (Å²) in [7, 11) is 1.60. The summed E-state index contributed by atoms with van der Waals surface area (Å²) in [6, 6.07) is 11.1. The second kappa shape index (κ2) is 8.79. The van der Waals surface area contributed by atoms with Crippen molar-refractivity contribution in [3.8, 4) is 11.3 Å². The van der Waals surface area contributed by atoms with E-state index in [1.165, 1.54) is 0 Å². The summed E-state index contributed by atoms with van der Waals surface area (Å²) in [5.74, 6) is 0.525. The maximum absolute atomic E-state index is 12.1. The first-order valence-electron chi connectivity index (χ1n) is 8.75. The number of amidine groups is 1. The van der Waals surface area contributed by atoms with Crippen LogP contribution in [0.4, 0.5) is 0 Å². The van der Waals surface area contributed by atoms with Crippen molar-refractivity contribution >= 4 is 29.5 Å². The van der Waals surface area contributed by atoms with Gasteiger partial charge in [-0.05, 0) is 37.1 Å². The number of carboxylic acids is 1. The van der Waals surface area contributed by atoms with Crippen LogP contribution < -0.4 is 10.6 Å². The molecule has 8 heteroatoms. The molecule has 1 saturated carbocycles. The Morgan fingerprint density at radius 1 is 1.25 bits per heavy atom. The smallest absolute Gasteiger partial charge is 0.313 e. The molecule has 0 aliphatic heterocycles. The van der Waals surface area contributed by atoms with E-state index in [0.717, 1.165) is 30.2 Å². The molecule has 0 radical (unpaired) electrons. The number of furan rings is 1. The summed E-state index contributed by atoms with van der Waals surface area (Å²) in [4.78, 5) is 26.9. The van der Waals surface area contributed by atoms with Crippen LogP contribution in [0.2, 0.25) is 0 Å². The van der Waals surface area contributed by atoms with Crippen molar-refractivity contribution in [1.29, 1.82) is 0 Å². The third kappa shape index (κ3) is 5.26. The molecule has 146 valence electrons. The lowest BCUT2D eigenvalue weighted by atomic mass is 10.1. The summed E-state index contributed by atoms with van der Waals surface area (Å²) < 4.78 is 5.86. The average Bonchev–Trinajstić information content (AvgIpc) is 3.36. The molecule has 1 aliphatic carbocycles. The molecular formula is C20H21N3O4S. The van der Waals surface area contributed by atoms with Gasteiger partial charge in [-0.3, -0.25) is 14.6 Å². The lowest BCUT2D eigenvalue weighted by Crippen LogP contribution is -2.25. The molecule has 1 aromatic carbocycles. The lowest BCUT2D eigenvalue weighted by Gasteiger charge is -2.08. The van der Waals surface area contributed by atoms with Gasteiger partial charge in [0.2, 0.25) is 0 Å². The number of hydrogen-bond acceptors (Lipinski definition) is 5. The van der Waals surface area contributed by atoms with Crippen LogP contribution in [0.25, 0.3) is 11.3 Å². The van der Waals surface area contributed by atoms with Gasteiger partial charge in [-0.2, -0.15) is 0 Å². The molecule has 3 rings (SSSR count). The number of hydrogen-bond donors (Lipinski definition) is 3. The van der Waals surface area contributed by atoms with Crippen molar-refractivity contribution < 1.29 is 19.1 Å². The van der Waals surface area contributed by atoms with Gasteiger partial charge >= 0.3 is 5.97 Å². The molecule has 1 fully saturated rings. The largest absolute Gasteiger partial charge is 0.481 e. The Bertz CT molecular complexity index is 914. The molecule has 0 saturated heterocycles. The van der Waals surface area contributed by atoms with Gasteiger partial charge in [0.1, 0.15) is 5.76 Å². The van der Waals surface area contributed by atoms with Crippen LogP contribution in [0.5, 0.6) is 0 Å². The SMILES string of the molecule is C=C(NC(=NC)c1ccc(-c2ccc(C(=O)NC3CC3)cc2)o1)SCC(=O)O. The Kier molecular flexibility index (Phi) is 6.20. The molecule has 1 aromatic heterocycles. The van der Waals surface area contributed by atoms with Crippen LogP contribution in [-0.2, 0) is 4.79 Å². The number of rotatable bonds is 8. The van der Waals surface area contributed by atoms with Crippen LogP contribution >= 0.6 is 11.8 Å². The van der Waals surface area contributed by atoms with Crippen LogP contribution in [0.1, 0.15) is 29.0 Å². The van der Waals surface area contributed by atoms with E-state index in [1.54, 1.807) is 25.2 Å². The number of amides is 1. The number of carbonyl (C=O) groups excluding carboxylic acids is 1. The monoisotopic (exact) mass is 399 g/mol. The predicted octanol–water partition coefficient (Wildman–Crippen LogP) is 3.09. The third-order valence-corrected chi connectivity index (χ3v) is 4.88. The molecule has 1 heterocycles. The molecule has 0 unspecified atom stereocenters. The molecule has 28 heavy (non-hydrogen) atoms. The Hall–Kier alpha value is -3.00. The normalized spacial score (nSPS) is 13.8. The first kappa shape index (κ1) is 19.8. The van der Waals surface area contributed by atoms with Gasteiger partial charge in [-0.1, -0.05) is 30.5 Å². The minimum absolute atomic E-state index is 0.0591. The van der Waals surface area contributed by atoms with Gasteiger partial charge in [0.05, 0.1) is 10.8 Å². The molecule has 0 atom stereocenters. The van der Waals surface area contributed by atoms with E-state index >= 15 is 0 Å². The highest BCUT2D eigenvalue weighted by molar-refractivity contribution is 8.03. The van der Waals surface area contributed by atoms with Crippen LogP contribution in [0.15, 0.2) is 57.4 Å². The molecule has 1 aliphatic rings. The third-order valence-electron chi connectivity index (χ3n) is 4.03. The predicted molar refractivity (Wildman–Crippen MR) is 109 cm³/mol. The number of nitrogens with zero attached hydrogens (tertiary/aromatic N) is 1. The van der Waals surface area contributed by atoms with Crippen molar-refractivity contribution in [2.24, 2.45) is 4.99 Å². The van der Waals surface area contributed by atoms with E-state index in [0.29, 0.717) is 34.0 Å². The molecule has 0 spiro atoms. The zero-order chi connectivity index (χ0) is 20.1. The minimum atomic E-state index is -0.919. The standard InChI is InChI=1S/C20H21N3O4S/c1-12(28-11-18(24)25)22-19(21-2)17-10-9-16(27-17)13-3-5-14(6-4-13)20(26)23-15-7-8-15/h3-6,9-10,15H,1,7-8,11H2,2H3,(H,21,22)(H,23,26)(H,24,25). The highest BCUT2D eigenvalue weighted by Crippen LogP contribution is 2.24. The van der Waals surface area contributed by atoms with Crippen LogP contribution in [0, 0.1) is 0 Å². The Labute approximate surface area is 166 Å². The van der Waals surface area contributed by atoms with Crippen molar-refractivity contribution in [3.63, 3.8) is 0 Å². The maximum atomic E-state index is 12.1. The summed E-state index contributed by atoms with van der Waals surface area (Å²) in [6.45, 7) is 3.78. The zero-order valence-electron chi connectivity index (χ0n) is 15.4. The van der Waals surface area contributed by atoms with E-state index in [2.05, 4.69) is 22.2 Å². The number of carbonyl (C=O) groups is 2. The van der Waals surface area contributed by atoms with Crippen molar-refractivity contribution in [2.75, 3.05) is 12.8 Å². The molecular weight excluding hydrogens is 378 g/mol. The number of carboxylic acid groups (broad SMARTS) is 1. The lowest BCUT2D eigenvalue weighted by molar-refractivity contribution is -0.133. The van der Waals surface area contributed by atoms with Gasteiger partial charge in [-0.15, -0.1) is 0 Å². The first-order valence-corrected chi connectivity index (χ1v) is 9.73. The molecule has 1 amide bonds. The number of aliphatic carboxylic acids is 1. The second-order valence-electron chi connectivity index (χ2n) is 6.29. The van der Waals surface area contributed by atoms with Gasteiger partial charge < -0.3 is 20.2 Å². The van der Waals surface area contributed by atoms with E-state index in [1.807, 2.05) is 18.2 Å². The molecule has 7 nitrogen and oxygen atoms in total. The fraction of sp³-hybridized carbons (Fsp3) is 0.250. The second-order valence-corrected chi connectivity index (χ2v) is 7.36. The minimum Gasteiger partial charge on any atom is -0.481 e. The Balaban J connectivity index is 1.65. The number of aliphatic imine (C=N–C) groups is 1. The van der Waals surface area contributed by atoms with E-state index in [-0.39, 0.29) is 11.7 Å². The fourth-order valence-corrected chi connectivity index (χ4v) is 2.91. The zero-order valence-corrected chi connectivity index (χ0v) is 16.2. The number of thioether (sulfide) groups is 1. The van der Waals surface area contributed by atoms with Crippen molar-refractivity contribution in [3.05, 3.63) is 59.3 Å². The summed E-state index contributed by atoms with van der Waals surface area (Å²) >= 11 is 1.07. The van der Waals surface area contributed by atoms with Gasteiger partial charge in [0.15, 0.2) is 11.6 Å². The van der Waals surface area contributed by atoms with E-state index in [9.17, 15) is 9.59 Å². The number of benzene rings is 1. The quantitative estimate of drug-likeness (QED) is 0.465. The highest BCUT2D eigenvalue weighted by atomic mass is 32.2. The van der Waals surface area contributed by atoms with Crippen molar-refractivity contribution in [1.82, 2.24) is 10.6 Å². The van der Waals surface area contributed by atoms with Crippen LogP contribution in [0.3, 0.4) is 0 Å². The summed E-state index contributed by atoms with van der Waals surface area (Å²) in [6.07, 6.45) is 2.10. The molecule has 3 N–H and O–H groups in total. The van der Waals surface area contributed by atoms with Crippen molar-refractivity contribution in [2.45, 2.75) is 18.9 Å². The van der Waals surface area contributed by atoms with Gasteiger partial charge in [0, 0.05) is 24.2 Å². The van der Waals surface area contributed by atoms with Gasteiger partial charge in [-0.25, -0.2) is 0 Å². The van der Waals surface area contributed by atoms with E-state index in [4.69, 9.17) is 9.52 Å². The van der Waals surface area contributed by atoms with E-state index < -0.39 is 5.97 Å². The molecule has 2 aromatic rings. The summed E-state index contributed by atoms with van der Waals surface area (Å²) in [5, 5.41) is 15.1. The van der Waals surface area contributed by atoms with Gasteiger partial charge in [0.25, 0.3) is 5.91 Å². The Morgan fingerprint density at radius 3 is 2.57 bits per heavy atom. The summed E-state index contributed by atoms with van der Waals surface area (Å²) in [5.41, 5.74) is 1.45. The maximum Gasteiger partial charge on any atom is 0.313 e. The highest BCUT2D eigenvalue weighted by Gasteiger charge is 2.23. The topological polar surface area (TPSA) is 104 Å². The number of nitrogens with one attached hydrogen (secondary N) is 2. The van der Waals surface area contributed by atoms with Crippen LogP contribution in [-0.4, -0.2) is 41.7 Å². The average molecular weight is 399 g/mol. The first-order chi connectivity index (χ1) is 13.5. The fourth-order valence-electron chi connectivity index (χ4n) is 2.45. The Morgan fingerprint density at radius 2 is 1.96 bits per heavy atom. The molecule has 0 bridgehead atoms.